The second-order valence-electron chi connectivity index (χ2n) is 12.3. The molecule has 2 heterocycles. The first-order valence-electron chi connectivity index (χ1n) is 16.6. The predicted octanol–water partition coefficient (Wildman–Crippen LogP) is 11.2. The number of fused-ring (bicyclic) bond motifs is 6. The number of hydrogen-bond donors (Lipinski definition) is 1. The van der Waals surface area contributed by atoms with Crippen LogP contribution in [-0.4, -0.2) is 11.7 Å². The zero-order valence-corrected chi connectivity index (χ0v) is 27.1. The molecule has 9 aromatic rings. The number of benzene rings is 7. The lowest BCUT2D eigenvalue weighted by atomic mass is 9.94. The summed E-state index contributed by atoms with van der Waals surface area (Å²) in [5.41, 5.74) is 17.4. The Morgan fingerprint density at radius 3 is 1.80 bits per heavy atom. The maximum absolute atomic E-state index is 6.95. The van der Waals surface area contributed by atoms with E-state index in [0.717, 1.165) is 71.7 Å². The number of para-hydroxylation sites is 1. The Labute approximate surface area is 288 Å². The van der Waals surface area contributed by atoms with Crippen LogP contribution >= 0.6 is 0 Å². The molecule has 50 heavy (non-hydrogen) atoms. The molecule has 7 aromatic carbocycles. The molecular formula is C45H31N3O2. The average Bonchev–Trinajstić information content (AvgIpc) is 3.76. The summed E-state index contributed by atoms with van der Waals surface area (Å²) in [6.45, 7) is 0.460. The van der Waals surface area contributed by atoms with Crippen LogP contribution in [-0.2, 0) is 6.54 Å². The fourth-order valence-electron chi connectivity index (χ4n) is 6.86. The largest absolute Gasteiger partial charge is 0.456 e. The molecule has 0 fully saturated rings. The molecule has 0 saturated carbocycles. The summed E-state index contributed by atoms with van der Waals surface area (Å²) in [7, 11) is 0. The standard InChI is InChI=1S/C45H31N3O2/c46-44(48-45(32-14-5-2-6-15-32)47-28-29-24-26-31(27-25-29)30-12-3-1-4-13-30)36-19-11-23-40-43(36)42-34(18-10-22-39(42)50-40)33-17-9-21-38-41(33)35-16-7-8-20-37(35)49-38/h1-27H,28H2,(H2,46,47,48). The highest BCUT2D eigenvalue weighted by Crippen LogP contribution is 2.43. The van der Waals surface area contributed by atoms with E-state index in [2.05, 4.69) is 66.7 Å². The van der Waals surface area contributed by atoms with Crippen molar-refractivity contribution in [2.75, 3.05) is 0 Å². The van der Waals surface area contributed by atoms with E-state index >= 15 is 0 Å². The third-order valence-corrected chi connectivity index (χ3v) is 9.22. The van der Waals surface area contributed by atoms with Gasteiger partial charge in [-0.15, -0.1) is 0 Å². The molecule has 0 unspecified atom stereocenters. The van der Waals surface area contributed by atoms with Crippen LogP contribution in [0.2, 0.25) is 0 Å². The zero-order valence-electron chi connectivity index (χ0n) is 27.1. The van der Waals surface area contributed by atoms with Gasteiger partial charge in [-0.1, -0.05) is 140 Å². The number of furan rings is 2. The van der Waals surface area contributed by atoms with Gasteiger partial charge in [0, 0.05) is 32.7 Å². The first-order valence-corrected chi connectivity index (χ1v) is 16.6. The van der Waals surface area contributed by atoms with Crippen molar-refractivity contribution in [2.24, 2.45) is 15.7 Å². The van der Waals surface area contributed by atoms with Crippen molar-refractivity contribution in [2.45, 2.75) is 6.54 Å². The average molecular weight is 646 g/mol. The Morgan fingerprint density at radius 1 is 0.480 bits per heavy atom. The molecule has 5 nitrogen and oxygen atoms in total. The molecule has 0 bridgehead atoms. The lowest BCUT2D eigenvalue weighted by Gasteiger charge is -2.09. The fraction of sp³-hybridized carbons (Fsp3) is 0.0222. The van der Waals surface area contributed by atoms with Gasteiger partial charge in [0.15, 0.2) is 5.84 Å². The van der Waals surface area contributed by atoms with Crippen molar-refractivity contribution in [3.8, 4) is 22.3 Å². The molecule has 0 saturated heterocycles. The summed E-state index contributed by atoms with van der Waals surface area (Å²) < 4.78 is 12.7. The highest BCUT2D eigenvalue weighted by atomic mass is 16.3. The van der Waals surface area contributed by atoms with Crippen molar-refractivity contribution in [3.05, 3.63) is 180 Å². The monoisotopic (exact) mass is 645 g/mol. The van der Waals surface area contributed by atoms with Crippen LogP contribution in [0, 0.1) is 0 Å². The highest BCUT2D eigenvalue weighted by molar-refractivity contribution is 6.25. The Balaban J connectivity index is 1.17. The molecule has 0 aliphatic carbocycles. The van der Waals surface area contributed by atoms with E-state index in [-0.39, 0.29) is 0 Å². The lowest BCUT2D eigenvalue weighted by Crippen LogP contribution is -2.17. The summed E-state index contributed by atoms with van der Waals surface area (Å²) in [5, 5.41) is 4.03. The van der Waals surface area contributed by atoms with E-state index in [9.17, 15) is 0 Å². The van der Waals surface area contributed by atoms with Crippen LogP contribution in [0.15, 0.2) is 183 Å². The number of hydrogen-bond acceptors (Lipinski definition) is 3. The van der Waals surface area contributed by atoms with Crippen molar-refractivity contribution in [1.82, 2.24) is 0 Å². The maximum atomic E-state index is 6.95. The van der Waals surface area contributed by atoms with Crippen LogP contribution in [0.1, 0.15) is 16.7 Å². The molecule has 0 aliphatic heterocycles. The molecule has 2 N–H and O–H groups in total. The molecule has 5 heteroatoms. The van der Waals surface area contributed by atoms with Crippen LogP contribution in [0.25, 0.3) is 66.1 Å². The maximum Gasteiger partial charge on any atom is 0.157 e. The minimum absolute atomic E-state index is 0.363. The van der Waals surface area contributed by atoms with E-state index in [0.29, 0.717) is 18.2 Å². The summed E-state index contributed by atoms with van der Waals surface area (Å²) in [5.74, 6) is 0.928. The zero-order chi connectivity index (χ0) is 33.4. The third kappa shape index (κ3) is 5.22. The number of amidine groups is 2. The van der Waals surface area contributed by atoms with Crippen LogP contribution < -0.4 is 5.73 Å². The molecule has 0 atom stereocenters. The normalized spacial score (nSPS) is 12.4. The Hall–Kier alpha value is -6.72. The van der Waals surface area contributed by atoms with Gasteiger partial charge in [0.2, 0.25) is 0 Å². The topological polar surface area (TPSA) is 77.0 Å². The highest BCUT2D eigenvalue weighted by Gasteiger charge is 2.20. The van der Waals surface area contributed by atoms with Crippen molar-refractivity contribution >= 4 is 55.5 Å². The second-order valence-corrected chi connectivity index (χ2v) is 12.3. The second kappa shape index (κ2) is 12.4. The quantitative estimate of drug-likeness (QED) is 0.144. The van der Waals surface area contributed by atoms with Gasteiger partial charge in [-0.2, -0.15) is 0 Å². The minimum atomic E-state index is 0.363. The fourth-order valence-corrected chi connectivity index (χ4v) is 6.86. The number of rotatable bonds is 6. The molecule has 0 amide bonds. The Bertz CT molecular complexity index is 2720. The smallest absolute Gasteiger partial charge is 0.157 e. The van der Waals surface area contributed by atoms with Gasteiger partial charge in [0.05, 0.1) is 6.54 Å². The van der Waals surface area contributed by atoms with E-state index < -0.39 is 0 Å². The lowest BCUT2D eigenvalue weighted by molar-refractivity contribution is 0.668. The minimum Gasteiger partial charge on any atom is -0.456 e. The SMILES string of the molecule is N/C(=N\C(=N/Cc1ccc(-c2ccccc2)cc1)c1ccccc1)c1cccc2oc3cccc(-c4cccc5oc6ccccc6c45)c3c12. The Morgan fingerprint density at radius 2 is 1.04 bits per heavy atom. The number of nitrogens with two attached hydrogens (primary N) is 1. The molecule has 0 radical (unpaired) electrons. The van der Waals surface area contributed by atoms with Gasteiger partial charge in [-0.25, -0.2) is 4.99 Å². The van der Waals surface area contributed by atoms with Crippen molar-refractivity contribution < 1.29 is 8.83 Å². The molecule has 238 valence electrons. The first kappa shape index (κ1) is 29.4. The van der Waals surface area contributed by atoms with Gasteiger partial charge in [-0.3, -0.25) is 4.99 Å². The number of nitrogens with zero attached hydrogens (tertiary/aromatic N) is 2. The van der Waals surface area contributed by atoms with Crippen LogP contribution in [0.4, 0.5) is 0 Å². The van der Waals surface area contributed by atoms with Gasteiger partial charge in [0.25, 0.3) is 0 Å². The van der Waals surface area contributed by atoms with E-state index in [1.54, 1.807) is 0 Å². The molecular weight excluding hydrogens is 615 g/mol. The summed E-state index contributed by atoms with van der Waals surface area (Å²) >= 11 is 0. The van der Waals surface area contributed by atoms with Crippen LogP contribution in [0.5, 0.6) is 0 Å². The molecule has 2 aromatic heterocycles. The van der Waals surface area contributed by atoms with Gasteiger partial charge in [-0.05, 0) is 52.1 Å². The van der Waals surface area contributed by atoms with Gasteiger partial charge >= 0.3 is 0 Å². The summed E-state index contributed by atoms with van der Waals surface area (Å²) in [6, 6.07) is 55.3. The first-order chi connectivity index (χ1) is 24.7. The number of aliphatic imine (C=N–C) groups is 2. The van der Waals surface area contributed by atoms with Crippen molar-refractivity contribution in [1.29, 1.82) is 0 Å². The van der Waals surface area contributed by atoms with E-state index in [1.165, 1.54) is 11.1 Å². The van der Waals surface area contributed by atoms with Crippen LogP contribution in [0.3, 0.4) is 0 Å². The predicted molar refractivity (Wildman–Crippen MR) is 206 cm³/mol. The van der Waals surface area contributed by atoms with Gasteiger partial charge < -0.3 is 14.6 Å². The third-order valence-electron chi connectivity index (χ3n) is 9.22. The Kier molecular flexibility index (Phi) is 7.29. The van der Waals surface area contributed by atoms with Crippen molar-refractivity contribution in [3.63, 3.8) is 0 Å². The van der Waals surface area contributed by atoms with E-state index in [4.69, 9.17) is 24.6 Å². The molecule has 0 spiro atoms. The van der Waals surface area contributed by atoms with Gasteiger partial charge in [0.1, 0.15) is 28.2 Å². The summed E-state index contributed by atoms with van der Waals surface area (Å²) in [4.78, 5) is 10.0. The summed E-state index contributed by atoms with van der Waals surface area (Å²) in [6.07, 6.45) is 0. The van der Waals surface area contributed by atoms with E-state index in [1.807, 2.05) is 97.1 Å². The molecule has 0 aliphatic rings. The molecule has 9 rings (SSSR count).